The molecule has 230 valence electrons. The Morgan fingerprint density at radius 1 is 1.18 bits per heavy atom. The number of alkyl halides is 1. The van der Waals surface area contributed by atoms with E-state index < -0.39 is 24.3 Å². The molecule has 2 saturated heterocycles. The number of benzene rings is 2. The third kappa shape index (κ3) is 4.86. The van der Waals surface area contributed by atoms with Gasteiger partial charge in [-0.1, -0.05) is 35.3 Å². The molecule has 7 rings (SSSR count). The van der Waals surface area contributed by atoms with Crippen molar-refractivity contribution in [3.8, 4) is 11.1 Å². The van der Waals surface area contributed by atoms with Gasteiger partial charge in [0.15, 0.2) is 6.04 Å². The standard InChI is InChI=1S/C31H31Cl2FN6O4/c1-2-44-29(41)28(27-24-11-19(34)13-38(24)17-35-27)40-14-22-23(32)12-21(25(33)26(22)36-40)18-3-5-20(6-4-18)39-15-31(16-39)7-9-37(10-8-31)30(42)43/h3-6,12,14,17,19,28H,2,7-11,13,15-16H2,1H3,(H,42,43)/t19-,28?/m1/s1. The Bertz CT molecular complexity index is 1760. The first-order chi connectivity index (χ1) is 21.2. The highest BCUT2D eigenvalue weighted by Crippen LogP contribution is 2.44. The first-order valence-electron chi connectivity index (χ1n) is 14.7. The molecule has 0 bridgehead atoms. The molecule has 2 aromatic heterocycles. The van der Waals surface area contributed by atoms with E-state index in [0.29, 0.717) is 51.0 Å². The van der Waals surface area contributed by atoms with Crippen LogP contribution in [0.5, 0.6) is 0 Å². The van der Waals surface area contributed by atoms with E-state index in [0.717, 1.165) is 37.2 Å². The van der Waals surface area contributed by atoms with Gasteiger partial charge in [-0.3, -0.25) is 4.68 Å². The Morgan fingerprint density at radius 3 is 2.59 bits per heavy atom. The van der Waals surface area contributed by atoms with Crippen LogP contribution in [0.4, 0.5) is 14.9 Å². The second kappa shape index (κ2) is 11.0. The molecule has 1 N–H and O–H groups in total. The number of ether oxygens (including phenoxy) is 1. The number of rotatable bonds is 6. The average Bonchev–Trinajstić information content (AvgIpc) is 3.70. The van der Waals surface area contributed by atoms with E-state index in [1.54, 1.807) is 30.1 Å². The number of anilines is 1. The predicted molar refractivity (Wildman–Crippen MR) is 164 cm³/mol. The molecule has 2 fully saturated rings. The number of carbonyl (C=O) groups excluding carboxylic acids is 1. The molecule has 0 saturated carbocycles. The van der Waals surface area contributed by atoms with Crippen molar-refractivity contribution in [1.82, 2.24) is 24.2 Å². The van der Waals surface area contributed by atoms with E-state index in [9.17, 15) is 19.1 Å². The molecule has 2 aromatic carbocycles. The van der Waals surface area contributed by atoms with E-state index in [1.807, 2.05) is 12.1 Å². The van der Waals surface area contributed by atoms with Gasteiger partial charge >= 0.3 is 12.1 Å². The summed E-state index contributed by atoms with van der Waals surface area (Å²) in [7, 11) is 0. The summed E-state index contributed by atoms with van der Waals surface area (Å²) in [6, 6.07) is 8.87. The van der Waals surface area contributed by atoms with Gasteiger partial charge in [-0.15, -0.1) is 0 Å². The Labute approximate surface area is 262 Å². The summed E-state index contributed by atoms with van der Waals surface area (Å²) >= 11 is 13.7. The van der Waals surface area contributed by atoms with Crippen LogP contribution in [0, 0.1) is 5.41 Å². The SMILES string of the molecule is CCOC(=O)C(c1ncn2c1C[C@@H](F)C2)n1cc2c(Cl)cc(-c3ccc(N4CC5(CCN(C(=O)O)CC5)C4)cc3)c(Cl)c2n1. The van der Waals surface area contributed by atoms with Gasteiger partial charge in [0.25, 0.3) is 0 Å². The zero-order valence-corrected chi connectivity index (χ0v) is 25.6. The van der Waals surface area contributed by atoms with Crippen molar-refractivity contribution in [3.05, 3.63) is 64.3 Å². The van der Waals surface area contributed by atoms with Crippen LogP contribution in [-0.2, 0) is 22.5 Å². The van der Waals surface area contributed by atoms with Crippen molar-refractivity contribution in [1.29, 1.82) is 0 Å². The molecule has 13 heteroatoms. The maximum atomic E-state index is 14.2. The van der Waals surface area contributed by atoms with Gasteiger partial charge in [0, 0.05) is 66.5 Å². The number of hydrogen-bond acceptors (Lipinski definition) is 6. The van der Waals surface area contributed by atoms with Gasteiger partial charge in [0.1, 0.15) is 11.7 Å². The van der Waals surface area contributed by atoms with Gasteiger partial charge in [-0.05, 0) is 43.5 Å². The third-order valence-electron chi connectivity index (χ3n) is 9.22. The molecule has 1 spiro atoms. The molecular formula is C31H31Cl2FN6O4. The molecule has 10 nitrogen and oxygen atoms in total. The molecule has 1 unspecified atom stereocenters. The monoisotopic (exact) mass is 640 g/mol. The lowest BCUT2D eigenvalue weighted by Crippen LogP contribution is -2.60. The Hall–Kier alpha value is -3.83. The molecule has 3 aliphatic rings. The molecule has 0 aliphatic carbocycles. The van der Waals surface area contributed by atoms with Gasteiger partial charge in [-0.25, -0.2) is 19.0 Å². The number of carboxylic acid groups (broad SMARTS) is 1. The normalized spacial score (nSPS) is 19.7. The number of esters is 1. The van der Waals surface area contributed by atoms with Gasteiger partial charge in [0.05, 0.1) is 35.2 Å². The first-order valence-corrected chi connectivity index (χ1v) is 15.5. The minimum absolute atomic E-state index is 0.162. The van der Waals surface area contributed by atoms with Gasteiger partial charge in [-0.2, -0.15) is 5.10 Å². The van der Waals surface area contributed by atoms with Crippen LogP contribution in [0.3, 0.4) is 0 Å². The number of imidazole rings is 1. The maximum absolute atomic E-state index is 14.2. The number of likely N-dealkylation sites (tertiary alicyclic amines) is 1. The number of hydrogen-bond donors (Lipinski definition) is 1. The number of nitrogens with zero attached hydrogens (tertiary/aromatic N) is 6. The Kier molecular flexibility index (Phi) is 7.20. The van der Waals surface area contributed by atoms with E-state index >= 15 is 0 Å². The minimum atomic E-state index is -1.04. The van der Waals surface area contributed by atoms with Crippen molar-refractivity contribution in [2.45, 2.75) is 44.9 Å². The lowest BCUT2D eigenvalue weighted by molar-refractivity contribution is -0.146. The summed E-state index contributed by atoms with van der Waals surface area (Å²) in [5.74, 6) is -0.549. The van der Waals surface area contributed by atoms with Crippen LogP contribution in [0.1, 0.15) is 37.2 Å². The largest absolute Gasteiger partial charge is 0.465 e. The van der Waals surface area contributed by atoms with E-state index in [-0.39, 0.29) is 25.0 Å². The molecule has 5 heterocycles. The number of carbonyl (C=O) groups is 2. The van der Waals surface area contributed by atoms with Crippen LogP contribution >= 0.6 is 23.2 Å². The van der Waals surface area contributed by atoms with Crippen molar-refractivity contribution in [3.63, 3.8) is 0 Å². The first kappa shape index (κ1) is 28.9. The van der Waals surface area contributed by atoms with Crippen LogP contribution < -0.4 is 4.90 Å². The lowest BCUT2D eigenvalue weighted by Gasteiger charge is -2.54. The minimum Gasteiger partial charge on any atom is -0.465 e. The summed E-state index contributed by atoms with van der Waals surface area (Å²) < 4.78 is 22.8. The second-order valence-corrected chi connectivity index (χ2v) is 12.7. The number of amides is 1. The summed E-state index contributed by atoms with van der Waals surface area (Å²) in [5, 5.41) is 15.3. The molecule has 44 heavy (non-hydrogen) atoms. The number of aromatic nitrogens is 4. The predicted octanol–water partition coefficient (Wildman–Crippen LogP) is 5.83. The molecule has 4 aromatic rings. The number of fused-ring (bicyclic) bond motifs is 2. The quantitative estimate of drug-likeness (QED) is 0.264. The van der Waals surface area contributed by atoms with Crippen LogP contribution in [-0.4, -0.2) is 80.4 Å². The number of halogens is 3. The highest BCUT2D eigenvalue weighted by Gasteiger charge is 2.45. The fourth-order valence-corrected chi connectivity index (χ4v) is 7.39. The topological polar surface area (TPSA) is 106 Å². The zero-order valence-electron chi connectivity index (χ0n) is 24.0. The molecule has 1 amide bonds. The fraction of sp³-hybridized carbons (Fsp3) is 0.419. The highest BCUT2D eigenvalue weighted by molar-refractivity contribution is 6.42. The van der Waals surface area contributed by atoms with E-state index in [1.165, 1.54) is 9.58 Å². The highest BCUT2D eigenvalue weighted by atomic mass is 35.5. The molecular weight excluding hydrogens is 610 g/mol. The zero-order chi connectivity index (χ0) is 30.7. The fourth-order valence-electron chi connectivity index (χ4n) is 6.84. The molecule has 3 aliphatic heterocycles. The molecule has 0 radical (unpaired) electrons. The van der Waals surface area contributed by atoms with Gasteiger partial charge in [0.2, 0.25) is 0 Å². The second-order valence-electron chi connectivity index (χ2n) is 11.9. The van der Waals surface area contributed by atoms with Crippen LogP contribution in [0.15, 0.2) is 42.9 Å². The number of piperidine rings is 1. The smallest absolute Gasteiger partial charge is 0.407 e. The van der Waals surface area contributed by atoms with E-state index in [4.69, 9.17) is 33.0 Å². The summed E-state index contributed by atoms with van der Waals surface area (Å²) in [6.45, 7) is 5.07. The van der Waals surface area contributed by atoms with Crippen molar-refractivity contribution >= 4 is 51.9 Å². The molecule has 2 atom stereocenters. The lowest BCUT2D eigenvalue weighted by atomic mass is 9.72. The average molecular weight is 642 g/mol. The van der Waals surface area contributed by atoms with Crippen molar-refractivity contribution < 1.29 is 23.8 Å². The summed E-state index contributed by atoms with van der Waals surface area (Å²) in [6.07, 6.45) is 3.25. The van der Waals surface area contributed by atoms with E-state index in [2.05, 4.69) is 22.0 Å². The summed E-state index contributed by atoms with van der Waals surface area (Å²) in [4.78, 5) is 32.7. The maximum Gasteiger partial charge on any atom is 0.407 e. The van der Waals surface area contributed by atoms with Crippen LogP contribution in [0.2, 0.25) is 10.0 Å². The van der Waals surface area contributed by atoms with Crippen LogP contribution in [0.25, 0.3) is 22.0 Å². The van der Waals surface area contributed by atoms with Crippen molar-refractivity contribution in [2.75, 3.05) is 37.7 Å². The summed E-state index contributed by atoms with van der Waals surface area (Å²) in [5.41, 5.74) is 4.32. The Morgan fingerprint density at radius 2 is 1.91 bits per heavy atom. The van der Waals surface area contributed by atoms with Crippen molar-refractivity contribution in [2.24, 2.45) is 5.41 Å². The van der Waals surface area contributed by atoms with Gasteiger partial charge < -0.3 is 24.2 Å². The third-order valence-corrected chi connectivity index (χ3v) is 9.91. The Balaban J connectivity index is 1.15.